The topological polar surface area (TPSA) is 28.4 Å². The van der Waals surface area contributed by atoms with E-state index in [4.69, 9.17) is 4.42 Å². The molecule has 17 heavy (non-hydrogen) atoms. The minimum Gasteiger partial charge on any atom is -0.469 e. The van der Waals surface area contributed by atoms with Crippen molar-refractivity contribution in [3.8, 4) is 0 Å². The Bertz CT molecular complexity index is 329. The maximum Gasteiger partial charge on any atom is 0.105 e. The van der Waals surface area contributed by atoms with Crippen molar-refractivity contribution in [1.29, 1.82) is 0 Å². The van der Waals surface area contributed by atoms with Gasteiger partial charge in [-0.25, -0.2) is 0 Å². The Morgan fingerprint density at radius 2 is 2.35 bits per heavy atom. The highest BCUT2D eigenvalue weighted by Crippen LogP contribution is 2.13. The zero-order valence-corrected chi connectivity index (χ0v) is 11.0. The summed E-state index contributed by atoms with van der Waals surface area (Å²) in [5.74, 6) is 1.05. The molecule has 1 unspecified atom stereocenters. The molecule has 1 aromatic rings. The van der Waals surface area contributed by atoms with Crippen LogP contribution in [0.3, 0.4) is 0 Å². The highest BCUT2D eigenvalue weighted by atomic mass is 16.3. The summed E-state index contributed by atoms with van der Waals surface area (Å²) in [6.45, 7) is 5.39. The molecule has 0 aliphatic carbocycles. The number of hydrogen-bond acceptors (Lipinski definition) is 3. The maximum absolute atomic E-state index is 5.32. The van der Waals surface area contributed by atoms with E-state index in [1.54, 1.807) is 6.26 Å². The molecule has 96 valence electrons. The first kappa shape index (κ1) is 12.7. The summed E-state index contributed by atoms with van der Waals surface area (Å²) in [6, 6.07) is 2.81. The average molecular weight is 236 g/mol. The van der Waals surface area contributed by atoms with Gasteiger partial charge in [-0.3, -0.25) is 0 Å². The zero-order valence-electron chi connectivity index (χ0n) is 11.0. The first-order chi connectivity index (χ1) is 8.25. The summed E-state index contributed by atoms with van der Waals surface area (Å²) in [5, 5.41) is 3.60. The summed E-state index contributed by atoms with van der Waals surface area (Å²) in [6.07, 6.45) is 7.12. The number of hydrogen-bond donors (Lipinski definition) is 1. The molecule has 2 heterocycles. The Kier molecular flexibility index (Phi) is 4.63. The van der Waals surface area contributed by atoms with Gasteiger partial charge in [0.1, 0.15) is 5.76 Å². The summed E-state index contributed by atoms with van der Waals surface area (Å²) in [7, 11) is 2.19. The van der Waals surface area contributed by atoms with Crippen LogP contribution >= 0.6 is 0 Å². The van der Waals surface area contributed by atoms with Crippen LogP contribution in [0.5, 0.6) is 0 Å². The van der Waals surface area contributed by atoms with Gasteiger partial charge in [0.2, 0.25) is 0 Å². The minimum absolute atomic E-state index is 0.733. The van der Waals surface area contributed by atoms with Crippen LogP contribution in [0.1, 0.15) is 37.0 Å². The molecule has 0 amide bonds. The lowest BCUT2D eigenvalue weighted by molar-refractivity contribution is 0.280. The van der Waals surface area contributed by atoms with Gasteiger partial charge in [-0.05, 0) is 52.4 Å². The Morgan fingerprint density at radius 1 is 1.47 bits per heavy atom. The molecule has 2 rings (SSSR count). The van der Waals surface area contributed by atoms with Crippen LogP contribution in [0.15, 0.2) is 16.7 Å². The fourth-order valence-corrected chi connectivity index (χ4v) is 2.49. The van der Waals surface area contributed by atoms with Gasteiger partial charge in [-0.2, -0.15) is 0 Å². The number of nitrogens with zero attached hydrogens (tertiary/aromatic N) is 1. The third-order valence-electron chi connectivity index (χ3n) is 3.68. The molecule has 0 saturated carbocycles. The highest BCUT2D eigenvalue weighted by molar-refractivity contribution is 5.14. The van der Waals surface area contributed by atoms with Crippen molar-refractivity contribution in [3.63, 3.8) is 0 Å². The van der Waals surface area contributed by atoms with E-state index >= 15 is 0 Å². The lowest BCUT2D eigenvalue weighted by Gasteiger charge is -2.25. The van der Waals surface area contributed by atoms with Gasteiger partial charge in [0.15, 0.2) is 0 Å². The van der Waals surface area contributed by atoms with Crippen molar-refractivity contribution in [3.05, 3.63) is 23.7 Å². The molecule has 0 aromatic carbocycles. The van der Waals surface area contributed by atoms with Crippen molar-refractivity contribution in [2.45, 2.75) is 45.2 Å². The largest absolute Gasteiger partial charge is 0.469 e. The van der Waals surface area contributed by atoms with Crippen LogP contribution < -0.4 is 5.32 Å². The molecule has 1 atom stereocenters. The third kappa shape index (κ3) is 3.86. The van der Waals surface area contributed by atoms with Crippen molar-refractivity contribution in [2.75, 3.05) is 20.1 Å². The molecular formula is C14H24N2O. The Hall–Kier alpha value is -0.800. The molecule has 3 heteroatoms. The smallest absolute Gasteiger partial charge is 0.105 e. The summed E-state index contributed by atoms with van der Waals surface area (Å²) in [5.41, 5.74) is 1.31. The van der Waals surface area contributed by atoms with E-state index in [9.17, 15) is 0 Å². The van der Waals surface area contributed by atoms with E-state index in [1.165, 1.54) is 37.8 Å². The molecule has 0 bridgehead atoms. The predicted molar refractivity (Wildman–Crippen MR) is 70.0 cm³/mol. The van der Waals surface area contributed by atoms with Gasteiger partial charge in [0.25, 0.3) is 0 Å². The van der Waals surface area contributed by atoms with Crippen LogP contribution in [0, 0.1) is 6.92 Å². The zero-order chi connectivity index (χ0) is 12.1. The number of rotatable bonds is 5. The van der Waals surface area contributed by atoms with Crippen molar-refractivity contribution in [2.24, 2.45) is 0 Å². The number of furan rings is 1. The van der Waals surface area contributed by atoms with Gasteiger partial charge in [0, 0.05) is 18.2 Å². The predicted octanol–water partition coefficient (Wildman–Crippen LogP) is 2.55. The van der Waals surface area contributed by atoms with Crippen LogP contribution in [-0.4, -0.2) is 31.1 Å². The van der Waals surface area contributed by atoms with E-state index < -0.39 is 0 Å². The second-order valence-electron chi connectivity index (χ2n) is 5.18. The van der Waals surface area contributed by atoms with Crippen LogP contribution in [0.25, 0.3) is 0 Å². The average Bonchev–Trinajstić information content (AvgIpc) is 2.74. The fraction of sp³-hybridized carbons (Fsp3) is 0.714. The Morgan fingerprint density at radius 3 is 3.00 bits per heavy atom. The molecule has 1 N–H and O–H groups in total. The van der Waals surface area contributed by atoms with E-state index in [0.29, 0.717) is 0 Å². The van der Waals surface area contributed by atoms with Gasteiger partial charge < -0.3 is 14.6 Å². The Balaban J connectivity index is 1.70. The van der Waals surface area contributed by atoms with Crippen molar-refractivity contribution in [1.82, 2.24) is 10.2 Å². The number of nitrogens with one attached hydrogen (secondary N) is 1. The normalized spacial score (nSPS) is 21.0. The fourth-order valence-electron chi connectivity index (χ4n) is 2.49. The van der Waals surface area contributed by atoms with Gasteiger partial charge >= 0.3 is 0 Å². The number of aryl methyl sites for hydroxylation is 1. The van der Waals surface area contributed by atoms with Crippen LogP contribution in [-0.2, 0) is 6.54 Å². The quantitative estimate of drug-likeness (QED) is 0.851. The molecule has 1 aliphatic heterocycles. The second-order valence-corrected chi connectivity index (χ2v) is 5.18. The molecule has 1 aromatic heterocycles. The van der Waals surface area contributed by atoms with E-state index in [-0.39, 0.29) is 0 Å². The lowest BCUT2D eigenvalue weighted by Crippen LogP contribution is -2.36. The lowest BCUT2D eigenvalue weighted by atomic mass is 10.0. The number of piperidine rings is 1. The van der Waals surface area contributed by atoms with E-state index in [0.717, 1.165) is 24.9 Å². The molecule has 0 spiro atoms. The Labute approximate surface area is 104 Å². The maximum atomic E-state index is 5.32. The summed E-state index contributed by atoms with van der Waals surface area (Å²) < 4.78 is 5.32. The highest BCUT2D eigenvalue weighted by Gasteiger charge is 2.13. The van der Waals surface area contributed by atoms with Crippen molar-refractivity contribution >= 4 is 0 Å². The van der Waals surface area contributed by atoms with E-state index in [2.05, 4.69) is 23.3 Å². The minimum atomic E-state index is 0.733. The molecule has 0 radical (unpaired) electrons. The standard InChI is InChI=1S/C14H24N2O/c1-12-13(7-10-17-12)11-16(2)9-6-14-5-3-4-8-15-14/h7,10,14-15H,3-6,8-9,11H2,1-2H3. The third-order valence-corrected chi connectivity index (χ3v) is 3.68. The second kappa shape index (κ2) is 6.22. The first-order valence-electron chi connectivity index (χ1n) is 6.70. The summed E-state index contributed by atoms with van der Waals surface area (Å²) >= 11 is 0. The molecule has 1 fully saturated rings. The van der Waals surface area contributed by atoms with Crippen LogP contribution in [0.2, 0.25) is 0 Å². The van der Waals surface area contributed by atoms with Gasteiger partial charge in [-0.15, -0.1) is 0 Å². The SMILES string of the molecule is Cc1occc1CN(C)CCC1CCCCN1. The van der Waals surface area contributed by atoms with Crippen molar-refractivity contribution < 1.29 is 4.42 Å². The van der Waals surface area contributed by atoms with Gasteiger partial charge in [-0.1, -0.05) is 6.42 Å². The molecular weight excluding hydrogens is 212 g/mol. The molecule has 3 nitrogen and oxygen atoms in total. The molecule has 1 aliphatic rings. The summed E-state index contributed by atoms with van der Waals surface area (Å²) in [4.78, 5) is 2.38. The van der Waals surface area contributed by atoms with E-state index in [1.807, 2.05) is 6.92 Å². The monoisotopic (exact) mass is 236 g/mol. The molecule has 1 saturated heterocycles. The first-order valence-corrected chi connectivity index (χ1v) is 6.70. The van der Waals surface area contributed by atoms with Gasteiger partial charge in [0.05, 0.1) is 6.26 Å². The van der Waals surface area contributed by atoms with Crippen LogP contribution in [0.4, 0.5) is 0 Å².